The fourth-order valence-corrected chi connectivity index (χ4v) is 2.20. The van der Waals surface area contributed by atoms with E-state index in [0.29, 0.717) is 22.6 Å². The number of hydrogen-bond acceptors (Lipinski definition) is 5. The SMILES string of the molecule is COc1ccccc1OCCC(=O)OCC(=O)NCc1ccc(C)c(F)c1. The summed E-state index contributed by atoms with van der Waals surface area (Å²) in [6.45, 7) is 1.52. The Kier molecular flexibility index (Phi) is 7.61. The van der Waals surface area contributed by atoms with Gasteiger partial charge in [0.25, 0.3) is 5.91 Å². The molecule has 1 N–H and O–H groups in total. The predicted octanol–water partition coefficient (Wildman–Crippen LogP) is 2.77. The number of carbonyl (C=O) groups excluding carboxylic acids is 2. The van der Waals surface area contributed by atoms with E-state index in [4.69, 9.17) is 14.2 Å². The third-order valence-electron chi connectivity index (χ3n) is 3.72. The van der Waals surface area contributed by atoms with E-state index in [0.717, 1.165) is 0 Å². The number of ether oxygens (including phenoxy) is 3. The molecule has 6 nitrogen and oxygen atoms in total. The maximum absolute atomic E-state index is 13.4. The summed E-state index contributed by atoms with van der Waals surface area (Å²) < 4.78 is 28.9. The lowest BCUT2D eigenvalue weighted by Gasteiger charge is -2.10. The van der Waals surface area contributed by atoms with E-state index in [1.165, 1.54) is 13.2 Å². The van der Waals surface area contributed by atoms with Gasteiger partial charge in [-0.2, -0.15) is 0 Å². The summed E-state index contributed by atoms with van der Waals surface area (Å²) in [5, 5.41) is 2.57. The van der Waals surface area contributed by atoms with Crippen LogP contribution in [0, 0.1) is 12.7 Å². The summed E-state index contributed by atoms with van der Waals surface area (Å²) >= 11 is 0. The quantitative estimate of drug-likeness (QED) is 0.682. The molecule has 0 radical (unpaired) electrons. The molecule has 0 fully saturated rings. The monoisotopic (exact) mass is 375 g/mol. The van der Waals surface area contributed by atoms with Gasteiger partial charge in [-0.15, -0.1) is 0 Å². The van der Waals surface area contributed by atoms with Gasteiger partial charge in [-0.25, -0.2) is 4.39 Å². The van der Waals surface area contributed by atoms with E-state index < -0.39 is 18.5 Å². The lowest BCUT2D eigenvalue weighted by Crippen LogP contribution is -2.28. The first-order valence-corrected chi connectivity index (χ1v) is 8.42. The summed E-state index contributed by atoms with van der Waals surface area (Å²) in [4.78, 5) is 23.4. The van der Waals surface area contributed by atoms with Crippen LogP contribution in [0.25, 0.3) is 0 Å². The first kappa shape index (κ1) is 20.2. The highest BCUT2D eigenvalue weighted by atomic mass is 19.1. The average molecular weight is 375 g/mol. The Bertz CT molecular complexity index is 794. The van der Waals surface area contributed by atoms with E-state index in [2.05, 4.69) is 5.32 Å². The average Bonchev–Trinajstić information content (AvgIpc) is 2.67. The van der Waals surface area contributed by atoms with Gasteiger partial charge in [0.05, 0.1) is 20.1 Å². The molecular formula is C20H22FNO5. The van der Waals surface area contributed by atoms with Crippen LogP contribution in [0.3, 0.4) is 0 Å². The molecule has 0 bridgehead atoms. The maximum atomic E-state index is 13.4. The maximum Gasteiger partial charge on any atom is 0.309 e. The van der Waals surface area contributed by atoms with E-state index >= 15 is 0 Å². The molecule has 0 saturated carbocycles. The molecule has 0 spiro atoms. The van der Waals surface area contributed by atoms with Gasteiger partial charge < -0.3 is 19.5 Å². The third-order valence-corrected chi connectivity index (χ3v) is 3.72. The van der Waals surface area contributed by atoms with Gasteiger partial charge in [0.2, 0.25) is 0 Å². The van der Waals surface area contributed by atoms with Gasteiger partial charge in [0.1, 0.15) is 5.82 Å². The Morgan fingerprint density at radius 2 is 1.85 bits per heavy atom. The number of rotatable bonds is 9. The summed E-state index contributed by atoms with van der Waals surface area (Å²) in [7, 11) is 1.53. The van der Waals surface area contributed by atoms with Crippen LogP contribution < -0.4 is 14.8 Å². The normalized spacial score (nSPS) is 10.2. The number of hydrogen-bond donors (Lipinski definition) is 1. The Labute approximate surface area is 157 Å². The van der Waals surface area contributed by atoms with Crippen molar-refractivity contribution in [1.29, 1.82) is 0 Å². The topological polar surface area (TPSA) is 73.9 Å². The largest absolute Gasteiger partial charge is 0.493 e. The number of para-hydroxylation sites is 2. The van der Waals surface area contributed by atoms with Gasteiger partial charge in [0.15, 0.2) is 18.1 Å². The van der Waals surface area contributed by atoms with Crippen molar-refractivity contribution in [1.82, 2.24) is 5.32 Å². The number of methoxy groups -OCH3 is 1. The van der Waals surface area contributed by atoms with Crippen LogP contribution >= 0.6 is 0 Å². The Morgan fingerprint density at radius 1 is 1.11 bits per heavy atom. The molecule has 2 rings (SSSR count). The molecule has 0 heterocycles. The standard InChI is InChI=1S/C20H22FNO5/c1-14-7-8-15(11-16(14)21)12-22-19(23)13-27-20(24)9-10-26-18-6-4-3-5-17(18)25-2/h3-8,11H,9-10,12-13H2,1-2H3,(H,22,23). The van der Waals surface area contributed by atoms with Crippen molar-refractivity contribution in [2.45, 2.75) is 19.9 Å². The second kappa shape index (κ2) is 10.2. The zero-order chi connectivity index (χ0) is 19.6. The van der Waals surface area contributed by atoms with Crippen LogP contribution in [0.2, 0.25) is 0 Å². The molecule has 0 aliphatic rings. The van der Waals surface area contributed by atoms with Crippen molar-refractivity contribution in [2.75, 3.05) is 20.3 Å². The third kappa shape index (κ3) is 6.62. The molecule has 0 unspecified atom stereocenters. The molecule has 27 heavy (non-hydrogen) atoms. The smallest absolute Gasteiger partial charge is 0.309 e. The molecule has 0 aliphatic carbocycles. The van der Waals surface area contributed by atoms with Gasteiger partial charge in [-0.1, -0.05) is 24.3 Å². The minimum Gasteiger partial charge on any atom is -0.493 e. The van der Waals surface area contributed by atoms with Gasteiger partial charge >= 0.3 is 5.97 Å². The highest BCUT2D eigenvalue weighted by Crippen LogP contribution is 2.25. The Balaban J connectivity index is 1.65. The highest BCUT2D eigenvalue weighted by molar-refractivity contribution is 5.80. The van der Waals surface area contributed by atoms with Crippen LogP contribution in [0.15, 0.2) is 42.5 Å². The number of amides is 1. The van der Waals surface area contributed by atoms with Crippen LogP contribution in [-0.2, 0) is 20.9 Å². The second-order valence-corrected chi connectivity index (χ2v) is 5.77. The molecule has 7 heteroatoms. The number of benzene rings is 2. The van der Waals surface area contributed by atoms with Gasteiger partial charge in [-0.05, 0) is 36.2 Å². The van der Waals surface area contributed by atoms with E-state index in [1.54, 1.807) is 37.3 Å². The highest BCUT2D eigenvalue weighted by Gasteiger charge is 2.09. The molecule has 0 atom stereocenters. The summed E-state index contributed by atoms with van der Waals surface area (Å²) in [5.41, 5.74) is 1.16. The zero-order valence-corrected chi connectivity index (χ0v) is 15.3. The van der Waals surface area contributed by atoms with Crippen LogP contribution in [-0.4, -0.2) is 32.2 Å². The molecule has 0 aromatic heterocycles. The van der Waals surface area contributed by atoms with Crippen molar-refractivity contribution in [3.8, 4) is 11.5 Å². The molecule has 2 aromatic rings. The van der Waals surface area contributed by atoms with Crippen LogP contribution in [0.1, 0.15) is 17.5 Å². The van der Waals surface area contributed by atoms with Crippen LogP contribution in [0.5, 0.6) is 11.5 Å². The molecule has 2 aromatic carbocycles. The molecular weight excluding hydrogens is 353 g/mol. The number of carbonyl (C=O) groups is 2. The minimum atomic E-state index is -0.554. The van der Waals surface area contributed by atoms with Crippen molar-refractivity contribution in [2.24, 2.45) is 0 Å². The van der Waals surface area contributed by atoms with Gasteiger partial charge in [-0.3, -0.25) is 9.59 Å². The van der Waals surface area contributed by atoms with Crippen molar-refractivity contribution >= 4 is 11.9 Å². The van der Waals surface area contributed by atoms with E-state index in [1.807, 2.05) is 6.07 Å². The lowest BCUT2D eigenvalue weighted by molar-refractivity contribution is -0.149. The van der Waals surface area contributed by atoms with Crippen LogP contribution in [0.4, 0.5) is 4.39 Å². The van der Waals surface area contributed by atoms with E-state index in [-0.39, 0.29) is 25.4 Å². The van der Waals surface area contributed by atoms with Gasteiger partial charge in [0, 0.05) is 6.54 Å². The number of esters is 1. The first-order chi connectivity index (χ1) is 13.0. The summed E-state index contributed by atoms with van der Waals surface area (Å²) in [6, 6.07) is 11.8. The molecule has 0 saturated heterocycles. The van der Waals surface area contributed by atoms with E-state index in [9.17, 15) is 14.0 Å². The lowest BCUT2D eigenvalue weighted by atomic mass is 10.1. The first-order valence-electron chi connectivity index (χ1n) is 8.42. The summed E-state index contributed by atoms with van der Waals surface area (Å²) in [6.07, 6.45) is -0.00545. The fourth-order valence-electron chi connectivity index (χ4n) is 2.20. The zero-order valence-electron chi connectivity index (χ0n) is 15.3. The van der Waals surface area contributed by atoms with Crippen molar-refractivity contribution in [3.05, 3.63) is 59.4 Å². The minimum absolute atomic E-state index is 0.00545. The number of nitrogens with one attached hydrogen (secondary N) is 1. The van der Waals surface area contributed by atoms with Crippen molar-refractivity contribution < 1.29 is 28.2 Å². The molecule has 0 aliphatic heterocycles. The van der Waals surface area contributed by atoms with Crippen molar-refractivity contribution in [3.63, 3.8) is 0 Å². The molecule has 144 valence electrons. The number of halogens is 1. The summed E-state index contributed by atoms with van der Waals surface area (Å²) in [5.74, 6) is -0.256. The fraction of sp³-hybridized carbons (Fsp3) is 0.300. The Morgan fingerprint density at radius 3 is 2.56 bits per heavy atom. The predicted molar refractivity (Wildman–Crippen MR) is 97.0 cm³/mol. The second-order valence-electron chi connectivity index (χ2n) is 5.77. The Hall–Kier alpha value is -3.09. The number of aryl methyl sites for hydroxylation is 1. The molecule has 1 amide bonds.